The summed E-state index contributed by atoms with van der Waals surface area (Å²) in [5.41, 5.74) is -0.335. The summed E-state index contributed by atoms with van der Waals surface area (Å²) < 4.78 is 67.5. The molecule has 1 heterocycles. The molecule has 0 aliphatic heterocycles. The zero-order valence-corrected chi connectivity index (χ0v) is 10.6. The standard InChI is InChI=1S/C11H12F5NOS/c12-10(13)6-3-1-2-5(6)8-7(4-18)9(19-17-8)11(14,15)16/h5-6,10,18H,1-4H2. The molecule has 0 saturated heterocycles. The highest BCUT2D eigenvalue weighted by Crippen LogP contribution is 2.46. The predicted molar refractivity (Wildman–Crippen MR) is 59.1 cm³/mol. The van der Waals surface area contributed by atoms with Crippen LogP contribution in [-0.4, -0.2) is 15.9 Å². The SMILES string of the molecule is OCc1c(C2CCCC2C(F)F)nsc1C(F)(F)F. The normalized spacial score (nSPS) is 24.4. The van der Waals surface area contributed by atoms with Crippen molar-refractivity contribution < 1.29 is 27.1 Å². The number of aromatic nitrogens is 1. The molecule has 0 radical (unpaired) electrons. The van der Waals surface area contributed by atoms with E-state index in [2.05, 4.69) is 4.37 Å². The first-order valence-electron chi connectivity index (χ1n) is 5.81. The highest BCUT2D eigenvalue weighted by atomic mass is 32.1. The molecular weight excluding hydrogens is 289 g/mol. The van der Waals surface area contributed by atoms with E-state index >= 15 is 0 Å². The van der Waals surface area contributed by atoms with Crippen LogP contribution < -0.4 is 0 Å². The first-order chi connectivity index (χ1) is 8.86. The van der Waals surface area contributed by atoms with Gasteiger partial charge in [-0.2, -0.15) is 17.5 Å². The molecule has 0 aromatic carbocycles. The number of hydrogen-bond acceptors (Lipinski definition) is 3. The molecule has 1 fully saturated rings. The fourth-order valence-electron chi connectivity index (χ4n) is 2.62. The maximum atomic E-state index is 12.8. The van der Waals surface area contributed by atoms with Gasteiger partial charge < -0.3 is 5.11 Å². The topological polar surface area (TPSA) is 33.1 Å². The fourth-order valence-corrected chi connectivity index (χ4v) is 3.44. The number of aliphatic hydroxyl groups excluding tert-OH is 1. The minimum absolute atomic E-state index is 0.00243. The van der Waals surface area contributed by atoms with Gasteiger partial charge in [-0.25, -0.2) is 8.78 Å². The quantitative estimate of drug-likeness (QED) is 0.861. The van der Waals surface area contributed by atoms with Gasteiger partial charge in [-0.05, 0) is 24.4 Å². The number of nitrogens with zero attached hydrogens (tertiary/aromatic N) is 1. The molecule has 0 bridgehead atoms. The second-order valence-corrected chi connectivity index (χ2v) is 5.34. The zero-order valence-electron chi connectivity index (χ0n) is 9.75. The number of alkyl halides is 5. The second kappa shape index (κ2) is 5.32. The average molecular weight is 301 g/mol. The second-order valence-electron chi connectivity index (χ2n) is 4.57. The molecule has 8 heteroatoms. The lowest BCUT2D eigenvalue weighted by molar-refractivity contribution is -0.135. The van der Waals surface area contributed by atoms with Crippen LogP contribution in [0.1, 0.15) is 41.3 Å². The Balaban J connectivity index is 2.38. The Kier molecular flexibility index (Phi) is 4.10. The molecule has 2 unspecified atom stereocenters. The van der Waals surface area contributed by atoms with Gasteiger partial charge in [-0.3, -0.25) is 0 Å². The Morgan fingerprint density at radius 1 is 1.32 bits per heavy atom. The van der Waals surface area contributed by atoms with Gasteiger partial charge in [0, 0.05) is 17.4 Å². The Bertz CT molecular complexity index is 445. The van der Waals surface area contributed by atoms with E-state index in [4.69, 9.17) is 5.11 Å². The smallest absolute Gasteiger partial charge is 0.392 e. The van der Waals surface area contributed by atoms with Crippen molar-refractivity contribution in [1.82, 2.24) is 4.37 Å². The largest absolute Gasteiger partial charge is 0.427 e. The van der Waals surface area contributed by atoms with E-state index in [1.54, 1.807) is 0 Å². The van der Waals surface area contributed by atoms with E-state index in [1.165, 1.54) is 0 Å². The Morgan fingerprint density at radius 2 is 2.00 bits per heavy atom. The van der Waals surface area contributed by atoms with Gasteiger partial charge >= 0.3 is 6.18 Å². The summed E-state index contributed by atoms with van der Waals surface area (Å²) in [7, 11) is 0. The molecule has 2 nitrogen and oxygen atoms in total. The lowest BCUT2D eigenvalue weighted by atomic mass is 9.90. The average Bonchev–Trinajstić information content (AvgIpc) is 2.93. The van der Waals surface area contributed by atoms with Crippen LogP contribution in [-0.2, 0) is 12.8 Å². The van der Waals surface area contributed by atoms with Crippen molar-refractivity contribution in [2.24, 2.45) is 5.92 Å². The van der Waals surface area contributed by atoms with Crippen molar-refractivity contribution >= 4 is 11.5 Å². The summed E-state index contributed by atoms with van der Waals surface area (Å²) in [6.45, 7) is -0.826. The summed E-state index contributed by atoms with van der Waals surface area (Å²) in [5, 5.41) is 9.12. The van der Waals surface area contributed by atoms with Crippen molar-refractivity contribution in [2.75, 3.05) is 0 Å². The monoisotopic (exact) mass is 301 g/mol. The lowest BCUT2D eigenvalue weighted by Gasteiger charge is -2.18. The number of aliphatic hydroxyl groups is 1. The third-order valence-electron chi connectivity index (χ3n) is 3.48. The summed E-state index contributed by atoms with van der Waals surface area (Å²) in [4.78, 5) is -0.982. The molecule has 1 saturated carbocycles. The van der Waals surface area contributed by atoms with Gasteiger partial charge in [0.05, 0.1) is 12.3 Å². The van der Waals surface area contributed by atoms with Gasteiger partial charge in [0.2, 0.25) is 6.43 Å². The van der Waals surface area contributed by atoms with E-state index in [1.807, 2.05) is 0 Å². The van der Waals surface area contributed by atoms with E-state index in [-0.39, 0.29) is 29.2 Å². The molecule has 1 N–H and O–H groups in total. The zero-order chi connectivity index (χ0) is 14.2. The number of rotatable bonds is 3. The maximum absolute atomic E-state index is 12.8. The fraction of sp³-hybridized carbons (Fsp3) is 0.727. The predicted octanol–water partition coefficient (Wildman–Crippen LogP) is 3.80. The minimum atomic E-state index is -4.60. The van der Waals surface area contributed by atoms with Crippen LogP contribution in [0.4, 0.5) is 22.0 Å². The van der Waals surface area contributed by atoms with Crippen LogP contribution in [0.3, 0.4) is 0 Å². The van der Waals surface area contributed by atoms with E-state index in [9.17, 15) is 22.0 Å². The molecule has 1 aliphatic carbocycles. The summed E-state index contributed by atoms with van der Waals surface area (Å²) in [6.07, 6.45) is -5.96. The summed E-state index contributed by atoms with van der Waals surface area (Å²) >= 11 is 0.228. The van der Waals surface area contributed by atoms with Crippen LogP contribution in [0.5, 0.6) is 0 Å². The van der Waals surface area contributed by atoms with Crippen molar-refractivity contribution in [3.8, 4) is 0 Å². The van der Waals surface area contributed by atoms with Crippen LogP contribution in [0.25, 0.3) is 0 Å². The van der Waals surface area contributed by atoms with Gasteiger partial charge in [-0.15, -0.1) is 0 Å². The van der Waals surface area contributed by atoms with Gasteiger partial charge in [0.25, 0.3) is 0 Å². The van der Waals surface area contributed by atoms with Crippen molar-refractivity contribution in [2.45, 2.75) is 44.4 Å². The maximum Gasteiger partial charge on any atom is 0.427 e. The van der Waals surface area contributed by atoms with Gasteiger partial charge in [0.1, 0.15) is 4.88 Å². The molecular formula is C11H12F5NOS. The third-order valence-corrected chi connectivity index (χ3v) is 4.43. The molecule has 1 aromatic heterocycles. The molecule has 0 amide bonds. The lowest BCUT2D eigenvalue weighted by Crippen LogP contribution is -2.17. The van der Waals surface area contributed by atoms with Crippen molar-refractivity contribution in [1.29, 1.82) is 0 Å². The third kappa shape index (κ3) is 2.74. The van der Waals surface area contributed by atoms with Crippen molar-refractivity contribution in [3.63, 3.8) is 0 Å². The highest BCUT2D eigenvalue weighted by Gasteiger charge is 2.42. The minimum Gasteiger partial charge on any atom is -0.392 e. The highest BCUT2D eigenvalue weighted by molar-refractivity contribution is 7.06. The summed E-state index contributed by atoms with van der Waals surface area (Å²) in [5.74, 6) is -1.65. The molecule has 108 valence electrons. The van der Waals surface area contributed by atoms with Crippen LogP contribution >= 0.6 is 11.5 Å². The van der Waals surface area contributed by atoms with Gasteiger partial charge in [-0.1, -0.05) is 6.42 Å². The number of hydrogen-bond donors (Lipinski definition) is 1. The Hall–Kier alpha value is -0.760. The molecule has 1 aliphatic rings. The van der Waals surface area contributed by atoms with Crippen LogP contribution in [0.15, 0.2) is 0 Å². The van der Waals surface area contributed by atoms with Crippen LogP contribution in [0.2, 0.25) is 0 Å². The van der Waals surface area contributed by atoms with Crippen LogP contribution in [0, 0.1) is 5.92 Å². The molecule has 1 aromatic rings. The summed E-state index contributed by atoms with van der Waals surface area (Å²) in [6, 6.07) is 0. The molecule has 0 spiro atoms. The van der Waals surface area contributed by atoms with E-state index < -0.39 is 35.9 Å². The number of halogens is 5. The first-order valence-corrected chi connectivity index (χ1v) is 6.58. The Morgan fingerprint density at radius 3 is 2.53 bits per heavy atom. The van der Waals surface area contributed by atoms with Crippen molar-refractivity contribution in [3.05, 3.63) is 16.1 Å². The molecule has 19 heavy (non-hydrogen) atoms. The van der Waals surface area contributed by atoms with Gasteiger partial charge in [0.15, 0.2) is 0 Å². The van der Waals surface area contributed by atoms with E-state index in [0.29, 0.717) is 12.8 Å². The van der Waals surface area contributed by atoms with E-state index in [0.717, 1.165) is 0 Å². The first kappa shape index (κ1) is 14.6. The molecule has 2 rings (SSSR count). The Labute approximate surface area is 110 Å². The molecule has 2 atom stereocenters.